The van der Waals surface area contributed by atoms with E-state index in [1.165, 1.54) is 0 Å². The summed E-state index contributed by atoms with van der Waals surface area (Å²) in [6.07, 6.45) is 6.35. The molecule has 0 heterocycles. The number of hydrogen-bond acceptors (Lipinski definition) is 2. The maximum absolute atomic E-state index is 12.0. The van der Waals surface area contributed by atoms with E-state index in [4.69, 9.17) is 5.11 Å². The third kappa shape index (κ3) is 2.23. The van der Waals surface area contributed by atoms with Gasteiger partial charge in [0.25, 0.3) is 0 Å². The minimum atomic E-state index is -0.996. The molecule has 2 fully saturated rings. The van der Waals surface area contributed by atoms with Crippen LogP contribution in [0.5, 0.6) is 0 Å². The highest BCUT2D eigenvalue weighted by Gasteiger charge is 2.46. The molecule has 5 heteroatoms. The molecule has 17 heavy (non-hydrogen) atoms. The first-order valence-electron chi connectivity index (χ1n) is 6.33. The monoisotopic (exact) mass is 240 g/mol. The van der Waals surface area contributed by atoms with E-state index in [2.05, 4.69) is 5.32 Å². The van der Waals surface area contributed by atoms with Gasteiger partial charge in [0.15, 0.2) is 0 Å². The minimum Gasteiger partial charge on any atom is -0.480 e. The van der Waals surface area contributed by atoms with Gasteiger partial charge < -0.3 is 15.3 Å². The summed E-state index contributed by atoms with van der Waals surface area (Å²) < 4.78 is 0. The minimum absolute atomic E-state index is 0.237. The van der Waals surface area contributed by atoms with Crippen molar-refractivity contribution in [1.29, 1.82) is 0 Å². The molecule has 0 aromatic carbocycles. The van der Waals surface area contributed by atoms with E-state index in [-0.39, 0.29) is 12.1 Å². The molecule has 0 aromatic heterocycles. The van der Waals surface area contributed by atoms with Crippen LogP contribution in [-0.4, -0.2) is 40.6 Å². The van der Waals surface area contributed by atoms with E-state index in [1.54, 1.807) is 11.9 Å². The van der Waals surface area contributed by atoms with Crippen LogP contribution in [0.4, 0.5) is 4.79 Å². The molecule has 2 amide bonds. The average Bonchev–Trinajstić information content (AvgIpc) is 2.74. The normalized spacial score (nSPS) is 22.9. The quantitative estimate of drug-likeness (QED) is 0.786. The maximum atomic E-state index is 12.0. The number of urea groups is 1. The van der Waals surface area contributed by atoms with Crippen molar-refractivity contribution in [3.05, 3.63) is 0 Å². The number of rotatable bonds is 3. The molecule has 2 saturated carbocycles. The Morgan fingerprint density at radius 3 is 2.24 bits per heavy atom. The second kappa shape index (κ2) is 4.55. The molecule has 0 aromatic rings. The van der Waals surface area contributed by atoms with E-state index in [0.29, 0.717) is 12.8 Å². The number of carboxylic acid groups (broad SMARTS) is 1. The van der Waals surface area contributed by atoms with Crippen LogP contribution in [0.2, 0.25) is 0 Å². The first kappa shape index (κ1) is 12.2. The van der Waals surface area contributed by atoms with Crippen LogP contribution in [0, 0.1) is 0 Å². The van der Waals surface area contributed by atoms with Crippen LogP contribution < -0.4 is 5.32 Å². The summed E-state index contributed by atoms with van der Waals surface area (Å²) in [5.41, 5.74) is -0.996. The fourth-order valence-corrected chi connectivity index (χ4v) is 2.67. The Hall–Kier alpha value is -1.26. The zero-order valence-electron chi connectivity index (χ0n) is 10.2. The molecule has 2 rings (SSSR count). The van der Waals surface area contributed by atoms with Crippen molar-refractivity contribution in [2.45, 2.75) is 56.5 Å². The van der Waals surface area contributed by atoms with Crippen molar-refractivity contribution in [3.8, 4) is 0 Å². The molecule has 5 nitrogen and oxygen atoms in total. The van der Waals surface area contributed by atoms with Crippen LogP contribution in [-0.2, 0) is 4.79 Å². The van der Waals surface area contributed by atoms with Gasteiger partial charge in [-0.25, -0.2) is 9.59 Å². The lowest BCUT2D eigenvalue weighted by atomic mass is 9.77. The summed E-state index contributed by atoms with van der Waals surface area (Å²) in [7, 11) is 1.76. The van der Waals surface area contributed by atoms with Gasteiger partial charge in [0.1, 0.15) is 5.54 Å². The summed E-state index contributed by atoms with van der Waals surface area (Å²) in [5, 5.41) is 11.8. The van der Waals surface area contributed by atoms with Crippen molar-refractivity contribution >= 4 is 12.0 Å². The summed E-state index contributed by atoms with van der Waals surface area (Å²) in [5.74, 6) is -0.906. The zero-order valence-corrected chi connectivity index (χ0v) is 10.2. The first-order chi connectivity index (χ1) is 8.05. The molecular formula is C12H20N2O3. The maximum Gasteiger partial charge on any atom is 0.329 e. The molecule has 2 N–H and O–H groups in total. The zero-order chi connectivity index (χ0) is 12.5. The van der Waals surface area contributed by atoms with E-state index in [1.807, 2.05) is 0 Å². The van der Waals surface area contributed by atoms with Crippen molar-refractivity contribution in [2.24, 2.45) is 0 Å². The number of nitrogens with one attached hydrogen (secondary N) is 1. The van der Waals surface area contributed by atoms with Gasteiger partial charge in [0, 0.05) is 13.1 Å². The Labute approximate surface area is 101 Å². The van der Waals surface area contributed by atoms with Crippen LogP contribution in [0.3, 0.4) is 0 Å². The first-order valence-corrected chi connectivity index (χ1v) is 6.33. The van der Waals surface area contributed by atoms with Crippen LogP contribution in [0.15, 0.2) is 0 Å². The molecule has 96 valence electrons. The fraction of sp³-hybridized carbons (Fsp3) is 0.833. The van der Waals surface area contributed by atoms with E-state index >= 15 is 0 Å². The van der Waals surface area contributed by atoms with E-state index in [9.17, 15) is 9.59 Å². The van der Waals surface area contributed by atoms with Crippen LogP contribution in [0.1, 0.15) is 44.9 Å². The van der Waals surface area contributed by atoms with Crippen molar-refractivity contribution in [3.63, 3.8) is 0 Å². The highest BCUT2D eigenvalue weighted by molar-refractivity contribution is 5.87. The SMILES string of the molecule is CN(C(=O)NC1(C(=O)O)CCC1)C1CCCC1. The van der Waals surface area contributed by atoms with Gasteiger partial charge in [-0.2, -0.15) is 0 Å². The highest BCUT2D eigenvalue weighted by Crippen LogP contribution is 2.32. The van der Waals surface area contributed by atoms with E-state index in [0.717, 1.165) is 32.1 Å². The number of carbonyl (C=O) groups excluding carboxylic acids is 1. The summed E-state index contributed by atoms with van der Waals surface area (Å²) >= 11 is 0. The van der Waals surface area contributed by atoms with Crippen LogP contribution in [0.25, 0.3) is 0 Å². The number of aliphatic carboxylic acids is 1. The molecule has 0 aliphatic heterocycles. The number of carboxylic acids is 1. The van der Waals surface area contributed by atoms with E-state index < -0.39 is 11.5 Å². The molecule has 0 bridgehead atoms. The Morgan fingerprint density at radius 1 is 1.24 bits per heavy atom. The molecule has 0 atom stereocenters. The molecule has 0 saturated heterocycles. The largest absolute Gasteiger partial charge is 0.480 e. The highest BCUT2D eigenvalue weighted by atomic mass is 16.4. The fourth-order valence-electron chi connectivity index (χ4n) is 2.67. The molecule has 0 radical (unpaired) electrons. The van der Waals surface area contributed by atoms with Gasteiger partial charge in [-0.3, -0.25) is 0 Å². The Kier molecular flexibility index (Phi) is 3.26. The van der Waals surface area contributed by atoms with Crippen molar-refractivity contribution in [1.82, 2.24) is 10.2 Å². The lowest BCUT2D eigenvalue weighted by Gasteiger charge is -2.40. The number of amides is 2. The molecular weight excluding hydrogens is 220 g/mol. The van der Waals surface area contributed by atoms with Crippen LogP contribution >= 0.6 is 0 Å². The predicted molar refractivity (Wildman–Crippen MR) is 62.8 cm³/mol. The van der Waals surface area contributed by atoms with Gasteiger partial charge >= 0.3 is 12.0 Å². The average molecular weight is 240 g/mol. The van der Waals surface area contributed by atoms with Gasteiger partial charge in [-0.1, -0.05) is 12.8 Å². The number of hydrogen-bond donors (Lipinski definition) is 2. The lowest BCUT2D eigenvalue weighted by molar-refractivity contribution is -0.148. The van der Waals surface area contributed by atoms with Gasteiger partial charge in [0.05, 0.1) is 0 Å². The Balaban J connectivity index is 1.93. The smallest absolute Gasteiger partial charge is 0.329 e. The molecule has 0 unspecified atom stereocenters. The van der Waals surface area contributed by atoms with Crippen molar-refractivity contribution < 1.29 is 14.7 Å². The molecule has 2 aliphatic rings. The number of carbonyl (C=O) groups is 2. The third-order valence-corrected chi connectivity index (χ3v) is 4.16. The molecule has 0 spiro atoms. The van der Waals surface area contributed by atoms with Crippen molar-refractivity contribution in [2.75, 3.05) is 7.05 Å². The molecule has 2 aliphatic carbocycles. The predicted octanol–water partition coefficient (Wildman–Crippen LogP) is 1.58. The van der Waals surface area contributed by atoms with Gasteiger partial charge in [-0.15, -0.1) is 0 Å². The third-order valence-electron chi connectivity index (χ3n) is 4.16. The Bertz CT molecular complexity index is 320. The second-order valence-electron chi connectivity index (χ2n) is 5.22. The second-order valence-corrected chi connectivity index (χ2v) is 5.22. The Morgan fingerprint density at radius 2 is 1.82 bits per heavy atom. The summed E-state index contributed by atoms with van der Waals surface area (Å²) in [6.45, 7) is 0. The summed E-state index contributed by atoms with van der Waals surface area (Å²) in [6, 6.07) is 0.0416. The standard InChI is InChI=1S/C12H20N2O3/c1-14(9-5-2-3-6-9)11(17)13-12(10(15)16)7-4-8-12/h9H,2-8H2,1H3,(H,13,17)(H,15,16). The lowest BCUT2D eigenvalue weighted by Crippen LogP contribution is -2.62. The number of nitrogens with zero attached hydrogens (tertiary/aromatic N) is 1. The van der Waals surface area contributed by atoms with Gasteiger partial charge in [0.2, 0.25) is 0 Å². The van der Waals surface area contributed by atoms with Gasteiger partial charge in [-0.05, 0) is 32.1 Å². The summed E-state index contributed by atoms with van der Waals surface area (Å²) in [4.78, 5) is 24.8. The topological polar surface area (TPSA) is 69.6 Å².